The van der Waals surface area contributed by atoms with Crippen LogP contribution in [0.4, 0.5) is 0 Å². The average Bonchev–Trinajstić information content (AvgIpc) is 3.23. The summed E-state index contributed by atoms with van der Waals surface area (Å²) in [5.74, 6) is -0.490. The Bertz CT molecular complexity index is 1180. The first-order valence-corrected chi connectivity index (χ1v) is 25.0. The molecule has 0 radical (unpaired) electrons. The number of phosphoric acid groups is 1. The minimum atomic E-state index is -5.02. The predicted molar refractivity (Wildman–Crippen MR) is 239 cm³/mol. The Balaban J connectivity index is 2.41. The molecule has 12 nitrogen and oxygen atoms in total. The van der Waals surface area contributed by atoms with Crippen LogP contribution in [0.2, 0.25) is 0 Å². The molecule has 0 amide bonds. The first kappa shape index (κ1) is 56.3. The summed E-state index contributed by atoms with van der Waals surface area (Å²) >= 11 is 0. The molecule has 13 heteroatoms. The summed E-state index contributed by atoms with van der Waals surface area (Å²) in [4.78, 5) is 23.2. The average molecular weight is 873 g/mol. The van der Waals surface area contributed by atoms with Gasteiger partial charge in [0.15, 0.2) is 0 Å². The lowest BCUT2D eigenvalue weighted by molar-refractivity contribution is -0.220. The Labute approximate surface area is 363 Å². The van der Waals surface area contributed by atoms with Crippen LogP contribution < -0.4 is 0 Å². The van der Waals surface area contributed by atoms with Crippen LogP contribution in [0, 0.1) is 0 Å². The van der Waals surface area contributed by atoms with Gasteiger partial charge in [-0.15, -0.1) is 0 Å². The van der Waals surface area contributed by atoms with E-state index in [9.17, 15) is 39.8 Å². The van der Waals surface area contributed by atoms with Crippen LogP contribution in [-0.4, -0.2) is 98.9 Å². The van der Waals surface area contributed by atoms with E-state index < -0.39 is 63.1 Å². The van der Waals surface area contributed by atoms with Crippen molar-refractivity contribution in [2.24, 2.45) is 0 Å². The maximum Gasteiger partial charge on any atom is 0.472 e. The predicted octanol–water partition coefficient (Wildman–Crippen LogP) is 9.64. The summed E-state index contributed by atoms with van der Waals surface area (Å²) in [6, 6.07) is 0. The number of esters is 1. The summed E-state index contributed by atoms with van der Waals surface area (Å²) in [6.07, 6.45) is 33.1. The van der Waals surface area contributed by atoms with Crippen molar-refractivity contribution >= 4 is 13.8 Å². The number of rotatable bonds is 39. The number of phosphoric ester groups is 1. The second kappa shape index (κ2) is 37.8. The number of hydrogen-bond acceptors (Lipinski definition) is 11. The van der Waals surface area contributed by atoms with Crippen molar-refractivity contribution in [2.75, 3.05) is 19.8 Å². The van der Waals surface area contributed by atoms with Gasteiger partial charge in [-0.2, -0.15) is 0 Å². The van der Waals surface area contributed by atoms with Gasteiger partial charge in [0.2, 0.25) is 0 Å². The third-order valence-corrected chi connectivity index (χ3v) is 11.7. The van der Waals surface area contributed by atoms with Gasteiger partial charge in [0, 0.05) is 13.0 Å². The number of hydrogen-bond donors (Lipinski definition) is 6. The normalized spacial score (nSPS) is 22.7. The van der Waals surface area contributed by atoms with Crippen molar-refractivity contribution in [1.82, 2.24) is 0 Å². The van der Waals surface area contributed by atoms with Crippen molar-refractivity contribution in [3.63, 3.8) is 0 Å². The van der Waals surface area contributed by atoms with E-state index in [-0.39, 0.29) is 13.0 Å². The van der Waals surface area contributed by atoms with Crippen molar-refractivity contribution in [3.8, 4) is 0 Å². The van der Waals surface area contributed by atoms with E-state index in [0.29, 0.717) is 13.0 Å². The van der Waals surface area contributed by atoms with E-state index in [1.807, 2.05) is 0 Å². The van der Waals surface area contributed by atoms with Crippen LogP contribution in [0.1, 0.15) is 181 Å². The summed E-state index contributed by atoms with van der Waals surface area (Å²) in [5, 5.41) is 50.2. The topological polar surface area (TPSA) is 192 Å². The summed E-state index contributed by atoms with van der Waals surface area (Å²) in [6.45, 7) is 4.17. The lowest BCUT2D eigenvalue weighted by atomic mass is 9.85. The molecular formula is C47H85O12P. The molecule has 0 spiro atoms. The van der Waals surface area contributed by atoms with Crippen molar-refractivity contribution in [3.05, 3.63) is 48.6 Å². The maximum absolute atomic E-state index is 12.8. The first-order chi connectivity index (χ1) is 29.0. The number of ether oxygens (including phenoxy) is 2. The molecule has 0 saturated heterocycles. The molecular weight excluding hydrogens is 787 g/mol. The maximum atomic E-state index is 12.8. The number of unbranched alkanes of at least 4 members (excludes halogenated alkanes) is 19. The Hall–Kier alpha value is -1.70. The summed E-state index contributed by atoms with van der Waals surface area (Å²) < 4.78 is 34.2. The fourth-order valence-electron chi connectivity index (χ4n) is 6.89. The van der Waals surface area contributed by atoms with Crippen LogP contribution in [-0.2, 0) is 27.9 Å². The monoisotopic (exact) mass is 873 g/mol. The van der Waals surface area contributed by atoms with Crippen molar-refractivity contribution in [1.29, 1.82) is 0 Å². The fraction of sp³-hybridized carbons (Fsp3) is 0.809. The number of carbonyl (C=O) groups excluding carboxylic acids is 1. The SMILES string of the molecule is CCCCC/C=C\C/C=C\CCCCCCCCCC(=O)OC(COCCCCCCCC/C=C\C/C=C\CCCCC)COP(=O)(O)OC1C(O)C(O)C(O)C(O)C1O. The van der Waals surface area contributed by atoms with E-state index >= 15 is 0 Å². The third-order valence-electron chi connectivity index (χ3n) is 10.7. The van der Waals surface area contributed by atoms with Gasteiger partial charge in [-0.1, -0.05) is 146 Å². The smallest absolute Gasteiger partial charge is 0.457 e. The summed E-state index contributed by atoms with van der Waals surface area (Å²) in [5.41, 5.74) is 0. The lowest BCUT2D eigenvalue weighted by Crippen LogP contribution is -2.64. The number of aliphatic hydroxyl groups excluding tert-OH is 5. The molecule has 0 aromatic carbocycles. The number of aliphatic hydroxyl groups is 5. The molecule has 0 bridgehead atoms. The minimum absolute atomic E-state index is 0.0881. The third kappa shape index (κ3) is 29.6. The molecule has 0 aromatic rings. The molecule has 0 aliphatic heterocycles. The van der Waals surface area contributed by atoms with Crippen LogP contribution in [0.25, 0.3) is 0 Å². The summed E-state index contributed by atoms with van der Waals surface area (Å²) in [7, 11) is -5.02. The quantitative estimate of drug-likeness (QED) is 0.0149. The Morgan fingerprint density at radius 3 is 1.40 bits per heavy atom. The highest BCUT2D eigenvalue weighted by Gasteiger charge is 2.51. The van der Waals surface area contributed by atoms with E-state index in [4.69, 9.17) is 18.5 Å². The number of allylic oxidation sites excluding steroid dienone is 8. The number of carbonyl (C=O) groups is 1. The van der Waals surface area contributed by atoms with Gasteiger partial charge < -0.3 is 39.9 Å². The minimum Gasteiger partial charge on any atom is -0.457 e. The van der Waals surface area contributed by atoms with E-state index in [0.717, 1.165) is 83.5 Å². The standard InChI is InChI=1S/C47H85O12P/c1-3-5-7-9-11-13-15-17-19-21-22-24-26-28-30-32-34-36-41(48)58-40(39-57-60(54,55)59-47-45(52)43(50)42(49)44(51)46(47)53)38-56-37-35-33-31-29-27-25-23-20-18-16-14-12-10-8-6-4-2/h11-14,17-20,40,42-47,49-53H,3-10,15-16,21-39H2,1-2H3,(H,54,55)/b13-11-,14-12-,19-17-,20-18-. The Kier molecular flexibility index (Phi) is 35.5. The van der Waals surface area contributed by atoms with Gasteiger partial charge in [-0.05, 0) is 77.0 Å². The van der Waals surface area contributed by atoms with Gasteiger partial charge >= 0.3 is 13.8 Å². The fourth-order valence-corrected chi connectivity index (χ4v) is 7.86. The van der Waals surface area contributed by atoms with Crippen LogP contribution in [0.15, 0.2) is 48.6 Å². The highest BCUT2D eigenvalue weighted by atomic mass is 31.2. The molecule has 60 heavy (non-hydrogen) atoms. The van der Waals surface area contributed by atoms with Crippen molar-refractivity contribution in [2.45, 2.75) is 224 Å². The van der Waals surface area contributed by atoms with Gasteiger partial charge in [-0.3, -0.25) is 13.8 Å². The molecule has 1 aliphatic carbocycles. The van der Waals surface area contributed by atoms with Crippen molar-refractivity contribution < 1.29 is 58.3 Å². The van der Waals surface area contributed by atoms with Gasteiger partial charge in [0.05, 0.1) is 13.2 Å². The second-order valence-corrected chi connectivity index (χ2v) is 17.7. The molecule has 1 aliphatic rings. The zero-order valence-electron chi connectivity index (χ0n) is 37.2. The Morgan fingerprint density at radius 1 is 0.533 bits per heavy atom. The highest BCUT2D eigenvalue weighted by Crippen LogP contribution is 2.47. The second-order valence-electron chi connectivity index (χ2n) is 16.2. The molecule has 0 heterocycles. The molecule has 6 unspecified atom stereocenters. The zero-order valence-corrected chi connectivity index (χ0v) is 38.1. The molecule has 1 saturated carbocycles. The zero-order chi connectivity index (χ0) is 44.1. The van der Waals surface area contributed by atoms with Crippen LogP contribution in [0.3, 0.4) is 0 Å². The molecule has 6 atom stereocenters. The van der Waals surface area contributed by atoms with E-state index in [1.54, 1.807) is 0 Å². The van der Waals surface area contributed by atoms with Crippen LogP contribution >= 0.6 is 7.82 Å². The van der Waals surface area contributed by atoms with Gasteiger partial charge in [0.1, 0.15) is 42.7 Å². The molecule has 0 aromatic heterocycles. The van der Waals surface area contributed by atoms with E-state index in [2.05, 4.69) is 62.5 Å². The van der Waals surface area contributed by atoms with Crippen LogP contribution in [0.5, 0.6) is 0 Å². The van der Waals surface area contributed by atoms with Gasteiger partial charge in [-0.25, -0.2) is 4.57 Å². The Morgan fingerprint density at radius 2 is 0.933 bits per heavy atom. The van der Waals surface area contributed by atoms with Gasteiger partial charge in [0.25, 0.3) is 0 Å². The highest BCUT2D eigenvalue weighted by molar-refractivity contribution is 7.47. The molecule has 1 rings (SSSR count). The largest absolute Gasteiger partial charge is 0.472 e. The van der Waals surface area contributed by atoms with E-state index in [1.165, 1.54) is 70.6 Å². The molecule has 350 valence electrons. The lowest BCUT2D eigenvalue weighted by Gasteiger charge is -2.41. The molecule has 1 fully saturated rings. The first-order valence-electron chi connectivity index (χ1n) is 23.5. The molecule has 6 N–H and O–H groups in total.